The first kappa shape index (κ1) is 13.5. The van der Waals surface area contributed by atoms with Crippen LogP contribution < -0.4 is 5.32 Å². The number of aromatic carboxylic acids is 1. The van der Waals surface area contributed by atoms with Crippen molar-refractivity contribution in [1.82, 2.24) is 0 Å². The van der Waals surface area contributed by atoms with Crippen molar-refractivity contribution < 1.29 is 15.0 Å². The Labute approximate surface area is 101 Å². The summed E-state index contributed by atoms with van der Waals surface area (Å²) in [5.41, 5.74) is 0.812. The topological polar surface area (TPSA) is 69.6 Å². The molecule has 0 bridgehead atoms. The monoisotopic (exact) mass is 237 g/mol. The number of rotatable bonds is 6. The summed E-state index contributed by atoms with van der Waals surface area (Å²) in [4.78, 5) is 10.8. The van der Waals surface area contributed by atoms with Crippen LogP contribution in [-0.2, 0) is 0 Å². The first-order valence-electron chi connectivity index (χ1n) is 5.73. The van der Waals surface area contributed by atoms with Gasteiger partial charge in [0.1, 0.15) is 0 Å². The van der Waals surface area contributed by atoms with Crippen LogP contribution in [0.2, 0.25) is 0 Å². The number of aliphatic hydroxyl groups excluding tert-OH is 1. The third-order valence-corrected chi connectivity index (χ3v) is 3.00. The van der Waals surface area contributed by atoms with E-state index in [1.54, 1.807) is 18.2 Å². The van der Waals surface area contributed by atoms with Gasteiger partial charge in [0.25, 0.3) is 0 Å². The fourth-order valence-corrected chi connectivity index (χ4v) is 1.65. The summed E-state index contributed by atoms with van der Waals surface area (Å²) in [5, 5.41) is 21.2. The Balaban J connectivity index is 2.86. The quantitative estimate of drug-likeness (QED) is 0.710. The Morgan fingerprint density at radius 1 is 1.47 bits per heavy atom. The third-order valence-electron chi connectivity index (χ3n) is 3.00. The van der Waals surface area contributed by atoms with E-state index in [9.17, 15) is 4.79 Å². The van der Waals surface area contributed by atoms with Gasteiger partial charge >= 0.3 is 5.97 Å². The molecule has 0 spiro atoms. The minimum absolute atomic E-state index is 0.107. The summed E-state index contributed by atoms with van der Waals surface area (Å²) in [5.74, 6) is -0.936. The normalized spacial score (nSPS) is 14.1. The van der Waals surface area contributed by atoms with Crippen LogP contribution in [0.4, 0.5) is 5.69 Å². The van der Waals surface area contributed by atoms with Crippen molar-refractivity contribution in [2.45, 2.75) is 32.2 Å². The molecule has 0 aromatic heterocycles. The molecule has 0 radical (unpaired) electrons. The summed E-state index contributed by atoms with van der Waals surface area (Å²) < 4.78 is 0. The second-order valence-corrected chi connectivity index (χ2v) is 4.40. The lowest BCUT2D eigenvalue weighted by atomic mass is 9.94. The number of nitrogens with one attached hydrogen (secondary N) is 1. The van der Waals surface area contributed by atoms with Crippen LogP contribution in [0.25, 0.3) is 0 Å². The predicted molar refractivity (Wildman–Crippen MR) is 67.4 cm³/mol. The van der Waals surface area contributed by atoms with Crippen LogP contribution in [0.3, 0.4) is 0 Å². The van der Waals surface area contributed by atoms with E-state index < -0.39 is 5.97 Å². The van der Waals surface area contributed by atoms with Crippen LogP contribution >= 0.6 is 0 Å². The maximum Gasteiger partial charge on any atom is 0.335 e. The smallest absolute Gasteiger partial charge is 0.335 e. The second-order valence-electron chi connectivity index (χ2n) is 4.40. The molecule has 0 fully saturated rings. The number of carboxylic acids is 1. The zero-order valence-corrected chi connectivity index (χ0v) is 10.2. The molecule has 1 rings (SSSR count). The van der Waals surface area contributed by atoms with Crippen LogP contribution in [0.15, 0.2) is 24.3 Å². The average Bonchev–Trinajstić information content (AvgIpc) is 2.29. The van der Waals surface area contributed by atoms with Gasteiger partial charge in [-0.15, -0.1) is 0 Å². The fraction of sp³-hybridized carbons (Fsp3) is 0.462. The molecule has 4 nitrogen and oxygen atoms in total. The van der Waals surface area contributed by atoms with Crippen molar-refractivity contribution in [3.63, 3.8) is 0 Å². The minimum Gasteiger partial charge on any atom is -0.478 e. The molecule has 94 valence electrons. The molecule has 17 heavy (non-hydrogen) atoms. The highest BCUT2D eigenvalue weighted by Crippen LogP contribution is 2.22. The lowest BCUT2D eigenvalue weighted by Crippen LogP contribution is -2.35. The average molecular weight is 237 g/mol. The van der Waals surface area contributed by atoms with Gasteiger partial charge in [-0.05, 0) is 38.0 Å². The maximum atomic E-state index is 10.8. The van der Waals surface area contributed by atoms with Gasteiger partial charge < -0.3 is 15.5 Å². The first-order valence-corrected chi connectivity index (χ1v) is 5.73. The van der Waals surface area contributed by atoms with Crippen LogP contribution in [0.1, 0.15) is 37.0 Å². The van der Waals surface area contributed by atoms with E-state index >= 15 is 0 Å². The van der Waals surface area contributed by atoms with Crippen molar-refractivity contribution in [3.8, 4) is 0 Å². The largest absolute Gasteiger partial charge is 0.478 e. The SMILES string of the molecule is CCC(C)(CCO)Nc1cccc(C(=O)O)c1. The van der Waals surface area contributed by atoms with E-state index in [4.69, 9.17) is 10.2 Å². The van der Waals surface area contributed by atoms with Crippen molar-refractivity contribution in [1.29, 1.82) is 0 Å². The van der Waals surface area contributed by atoms with E-state index in [1.807, 2.05) is 19.9 Å². The molecule has 1 aromatic rings. The molecule has 0 aliphatic heterocycles. The molecule has 0 amide bonds. The molecule has 3 N–H and O–H groups in total. The summed E-state index contributed by atoms with van der Waals surface area (Å²) in [6, 6.07) is 6.70. The van der Waals surface area contributed by atoms with Crippen LogP contribution in [0.5, 0.6) is 0 Å². The van der Waals surface area contributed by atoms with Gasteiger partial charge in [0, 0.05) is 17.8 Å². The molecule has 0 saturated heterocycles. The van der Waals surface area contributed by atoms with Gasteiger partial charge in [0.2, 0.25) is 0 Å². The molecule has 0 heterocycles. The fourth-order valence-electron chi connectivity index (χ4n) is 1.65. The van der Waals surface area contributed by atoms with E-state index in [1.165, 1.54) is 0 Å². The Kier molecular flexibility index (Phi) is 4.52. The zero-order chi connectivity index (χ0) is 12.9. The molecule has 1 atom stereocenters. The number of aliphatic hydroxyl groups is 1. The lowest BCUT2D eigenvalue weighted by Gasteiger charge is -2.30. The number of hydrogen-bond donors (Lipinski definition) is 3. The molecular formula is C13H19NO3. The van der Waals surface area contributed by atoms with Gasteiger partial charge in [-0.1, -0.05) is 13.0 Å². The van der Waals surface area contributed by atoms with Gasteiger partial charge in [-0.2, -0.15) is 0 Å². The van der Waals surface area contributed by atoms with Crippen molar-refractivity contribution in [2.75, 3.05) is 11.9 Å². The third kappa shape index (κ3) is 3.75. The Morgan fingerprint density at radius 3 is 2.71 bits per heavy atom. The summed E-state index contributed by atoms with van der Waals surface area (Å²) >= 11 is 0. The summed E-state index contributed by atoms with van der Waals surface area (Å²) in [7, 11) is 0. The van der Waals surface area contributed by atoms with Gasteiger partial charge in [0.05, 0.1) is 5.56 Å². The molecule has 0 aliphatic rings. The molecule has 4 heteroatoms. The van der Waals surface area contributed by atoms with Crippen molar-refractivity contribution in [3.05, 3.63) is 29.8 Å². The number of anilines is 1. The Morgan fingerprint density at radius 2 is 2.18 bits per heavy atom. The van der Waals surface area contributed by atoms with Gasteiger partial charge in [-0.3, -0.25) is 0 Å². The Bertz CT molecular complexity index is 392. The zero-order valence-electron chi connectivity index (χ0n) is 10.2. The maximum absolute atomic E-state index is 10.8. The van der Waals surface area contributed by atoms with E-state index in [0.29, 0.717) is 6.42 Å². The highest BCUT2D eigenvalue weighted by molar-refractivity contribution is 5.88. The first-order chi connectivity index (χ1) is 8.00. The minimum atomic E-state index is -0.936. The highest BCUT2D eigenvalue weighted by atomic mass is 16.4. The molecular weight excluding hydrogens is 218 g/mol. The van der Waals surface area contributed by atoms with Crippen molar-refractivity contribution in [2.24, 2.45) is 0 Å². The van der Waals surface area contributed by atoms with Crippen LogP contribution in [-0.4, -0.2) is 28.3 Å². The number of carboxylic acid groups (broad SMARTS) is 1. The van der Waals surface area contributed by atoms with Crippen LogP contribution in [0, 0.1) is 0 Å². The summed E-state index contributed by atoms with van der Waals surface area (Å²) in [6.07, 6.45) is 1.48. The Hall–Kier alpha value is -1.55. The number of benzene rings is 1. The molecule has 1 aromatic carbocycles. The van der Waals surface area contributed by atoms with E-state index in [0.717, 1.165) is 12.1 Å². The van der Waals surface area contributed by atoms with Gasteiger partial charge in [-0.25, -0.2) is 4.79 Å². The summed E-state index contributed by atoms with van der Waals surface area (Å²) in [6.45, 7) is 4.15. The molecule has 0 aliphatic carbocycles. The molecule has 0 saturated carbocycles. The lowest BCUT2D eigenvalue weighted by molar-refractivity contribution is 0.0697. The van der Waals surface area contributed by atoms with Gasteiger partial charge in [0.15, 0.2) is 0 Å². The van der Waals surface area contributed by atoms with E-state index in [2.05, 4.69) is 5.32 Å². The predicted octanol–water partition coefficient (Wildman–Crippen LogP) is 2.35. The molecule has 1 unspecified atom stereocenters. The number of hydrogen-bond acceptors (Lipinski definition) is 3. The van der Waals surface area contributed by atoms with E-state index in [-0.39, 0.29) is 17.7 Å². The highest BCUT2D eigenvalue weighted by Gasteiger charge is 2.21. The second kappa shape index (κ2) is 5.68. The van der Waals surface area contributed by atoms with Crippen molar-refractivity contribution >= 4 is 11.7 Å². The standard InChI is InChI=1S/C13H19NO3/c1-3-13(2,7-8-15)14-11-6-4-5-10(9-11)12(16)17/h4-6,9,14-15H,3,7-8H2,1-2H3,(H,16,17). The number of carbonyl (C=O) groups is 1.